The number of nitrogens with one attached hydrogen (secondary N) is 1. The molecule has 1 aliphatic rings. The molecule has 1 N–H and O–H groups in total. The predicted molar refractivity (Wildman–Crippen MR) is 48.9 cm³/mol. The molecular formula is C9H16N2O. The van der Waals surface area contributed by atoms with Gasteiger partial charge in [0.1, 0.15) is 0 Å². The lowest BCUT2D eigenvalue weighted by molar-refractivity contribution is -0.126. The van der Waals surface area contributed by atoms with Crippen LogP contribution in [-0.2, 0) is 4.79 Å². The number of rotatable bonds is 1. The van der Waals surface area contributed by atoms with Crippen molar-refractivity contribution in [2.45, 2.75) is 12.8 Å². The molecule has 0 unspecified atom stereocenters. The molecule has 1 rings (SSSR count). The van der Waals surface area contributed by atoms with Gasteiger partial charge in [-0.2, -0.15) is 0 Å². The van der Waals surface area contributed by atoms with Gasteiger partial charge in [0.25, 0.3) is 0 Å². The Hall–Kier alpha value is -0.830. The molecule has 0 atom stereocenters. The molecule has 1 amide bonds. The predicted octanol–water partition coefficient (Wildman–Crippen LogP) is 0.384. The maximum Gasteiger partial charge on any atom is 0.245 e. The van der Waals surface area contributed by atoms with Gasteiger partial charge in [0.2, 0.25) is 5.91 Å². The van der Waals surface area contributed by atoms with Crippen molar-refractivity contribution in [3.63, 3.8) is 0 Å². The Labute approximate surface area is 73.4 Å². The minimum absolute atomic E-state index is 0.0666. The van der Waals surface area contributed by atoms with Crippen molar-refractivity contribution in [1.29, 1.82) is 0 Å². The SMILES string of the molecule is C=CC(=O)N1CCCNCCC1. The van der Waals surface area contributed by atoms with Crippen molar-refractivity contribution in [2.75, 3.05) is 26.2 Å². The smallest absolute Gasteiger partial charge is 0.245 e. The molecule has 0 radical (unpaired) electrons. The zero-order valence-electron chi connectivity index (χ0n) is 7.38. The first-order valence-electron chi connectivity index (χ1n) is 4.46. The highest BCUT2D eigenvalue weighted by atomic mass is 16.2. The first-order valence-corrected chi connectivity index (χ1v) is 4.46. The monoisotopic (exact) mass is 168 g/mol. The Morgan fingerprint density at radius 3 is 2.42 bits per heavy atom. The van der Waals surface area contributed by atoms with E-state index in [-0.39, 0.29) is 5.91 Å². The molecule has 0 bridgehead atoms. The van der Waals surface area contributed by atoms with Gasteiger partial charge >= 0.3 is 0 Å². The van der Waals surface area contributed by atoms with Gasteiger partial charge in [-0.1, -0.05) is 6.58 Å². The fourth-order valence-electron chi connectivity index (χ4n) is 1.38. The van der Waals surface area contributed by atoms with E-state index in [9.17, 15) is 4.79 Å². The summed E-state index contributed by atoms with van der Waals surface area (Å²) < 4.78 is 0. The van der Waals surface area contributed by atoms with Crippen LogP contribution in [0.5, 0.6) is 0 Å². The normalized spacial score (nSPS) is 19.5. The molecule has 68 valence electrons. The van der Waals surface area contributed by atoms with Crippen molar-refractivity contribution in [1.82, 2.24) is 10.2 Å². The van der Waals surface area contributed by atoms with Gasteiger partial charge in [-0.05, 0) is 32.0 Å². The van der Waals surface area contributed by atoms with Crippen molar-refractivity contribution >= 4 is 5.91 Å². The standard InChI is InChI=1S/C9H16N2O/c1-2-9(12)11-7-3-5-10-6-4-8-11/h2,10H,1,3-8H2. The average Bonchev–Trinajstić information content (AvgIpc) is 2.02. The first kappa shape index (κ1) is 9.26. The maximum absolute atomic E-state index is 11.2. The minimum atomic E-state index is 0.0666. The molecule has 3 nitrogen and oxygen atoms in total. The van der Waals surface area contributed by atoms with Gasteiger partial charge in [0.05, 0.1) is 0 Å². The van der Waals surface area contributed by atoms with Gasteiger partial charge < -0.3 is 10.2 Å². The molecule has 1 saturated heterocycles. The summed E-state index contributed by atoms with van der Waals surface area (Å²) in [5.74, 6) is 0.0666. The highest BCUT2D eigenvalue weighted by Gasteiger charge is 2.10. The fraction of sp³-hybridized carbons (Fsp3) is 0.667. The molecule has 3 heteroatoms. The van der Waals surface area contributed by atoms with Crippen LogP contribution in [0.2, 0.25) is 0 Å². The van der Waals surface area contributed by atoms with E-state index >= 15 is 0 Å². The Bertz CT molecular complexity index is 160. The summed E-state index contributed by atoms with van der Waals surface area (Å²) in [6.07, 6.45) is 3.48. The van der Waals surface area contributed by atoms with E-state index in [1.165, 1.54) is 6.08 Å². The average molecular weight is 168 g/mol. The first-order chi connectivity index (χ1) is 5.84. The highest BCUT2D eigenvalue weighted by Crippen LogP contribution is 1.98. The van der Waals surface area contributed by atoms with Crippen LogP contribution in [0.4, 0.5) is 0 Å². The number of hydrogen-bond acceptors (Lipinski definition) is 2. The molecule has 0 saturated carbocycles. The number of amides is 1. The molecule has 1 aliphatic heterocycles. The topological polar surface area (TPSA) is 32.3 Å². The molecule has 0 spiro atoms. The lowest BCUT2D eigenvalue weighted by atomic mass is 10.2. The molecule has 12 heavy (non-hydrogen) atoms. The maximum atomic E-state index is 11.2. The van der Waals surface area contributed by atoms with Crippen LogP contribution < -0.4 is 5.32 Å². The van der Waals surface area contributed by atoms with Crippen molar-refractivity contribution in [3.05, 3.63) is 12.7 Å². The van der Waals surface area contributed by atoms with Crippen molar-refractivity contribution < 1.29 is 4.79 Å². The van der Waals surface area contributed by atoms with E-state index in [1.807, 2.05) is 4.90 Å². The molecule has 1 heterocycles. The van der Waals surface area contributed by atoms with Crippen LogP contribution in [0.25, 0.3) is 0 Å². The number of carbonyl (C=O) groups excluding carboxylic acids is 1. The fourth-order valence-corrected chi connectivity index (χ4v) is 1.38. The highest BCUT2D eigenvalue weighted by molar-refractivity contribution is 5.86. The van der Waals surface area contributed by atoms with Crippen LogP contribution in [0, 0.1) is 0 Å². The summed E-state index contributed by atoms with van der Waals surface area (Å²) in [6.45, 7) is 7.23. The molecular weight excluding hydrogens is 152 g/mol. The van der Waals surface area contributed by atoms with Crippen LogP contribution in [0.3, 0.4) is 0 Å². The zero-order chi connectivity index (χ0) is 8.81. The van der Waals surface area contributed by atoms with E-state index in [1.54, 1.807) is 0 Å². The van der Waals surface area contributed by atoms with Crippen LogP contribution in [0.15, 0.2) is 12.7 Å². The zero-order valence-corrected chi connectivity index (χ0v) is 7.38. The van der Waals surface area contributed by atoms with Crippen LogP contribution in [0.1, 0.15) is 12.8 Å². The second kappa shape index (κ2) is 4.93. The lowest BCUT2D eigenvalue weighted by Gasteiger charge is -2.23. The second-order valence-corrected chi connectivity index (χ2v) is 2.99. The van der Waals surface area contributed by atoms with E-state index in [4.69, 9.17) is 0 Å². The lowest BCUT2D eigenvalue weighted by Crippen LogP contribution is -2.37. The quantitative estimate of drug-likeness (QED) is 0.574. The molecule has 0 aromatic carbocycles. The molecule has 0 aromatic rings. The third-order valence-electron chi connectivity index (χ3n) is 2.05. The van der Waals surface area contributed by atoms with Crippen molar-refractivity contribution in [3.8, 4) is 0 Å². The molecule has 0 aromatic heterocycles. The van der Waals surface area contributed by atoms with Gasteiger partial charge in [-0.25, -0.2) is 0 Å². The summed E-state index contributed by atoms with van der Waals surface area (Å²) in [4.78, 5) is 13.1. The van der Waals surface area contributed by atoms with Crippen LogP contribution in [-0.4, -0.2) is 37.0 Å². The number of hydrogen-bond donors (Lipinski definition) is 1. The third-order valence-corrected chi connectivity index (χ3v) is 2.05. The van der Waals surface area contributed by atoms with Crippen molar-refractivity contribution in [2.24, 2.45) is 0 Å². The third kappa shape index (κ3) is 2.66. The summed E-state index contributed by atoms with van der Waals surface area (Å²) in [5, 5.41) is 3.30. The van der Waals surface area contributed by atoms with E-state index in [2.05, 4.69) is 11.9 Å². The molecule has 0 aliphatic carbocycles. The van der Waals surface area contributed by atoms with E-state index in [0.29, 0.717) is 0 Å². The minimum Gasteiger partial charge on any atom is -0.339 e. The Morgan fingerprint density at radius 1 is 1.33 bits per heavy atom. The van der Waals surface area contributed by atoms with E-state index in [0.717, 1.165) is 39.0 Å². The summed E-state index contributed by atoms with van der Waals surface area (Å²) in [6, 6.07) is 0. The Balaban J connectivity index is 2.39. The van der Waals surface area contributed by atoms with Gasteiger partial charge in [-0.15, -0.1) is 0 Å². The van der Waals surface area contributed by atoms with Crippen LogP contribution >= 0.6 is 0 Å². The Kier molecular flexibility index (Phi) is 3.80. The van der Waals surface area contributed by atoms with Gasteiger partial charge in [0.15, 0.2) is 0 Å². The Morgan fingerprint density at radius 2 is 1.92 bits per heavy atom. The summed E-state index contributed by atoms with van der Waals surface area (Å²) in [5.41, 5.74) is 0. The second-order valence-electron chi connectivity index (χ2n) is 2.99. The largest absolute Gasteiger partial charge is 0.339 e. The van der Waals surface area contributed by atoms with Gasteiger partial charge in [-0.3, -0.25) is 4.79 Å². The number of nitrogens with zero attached hydrogens (tertiary/aromatic N) is 1. The number of carbonyl (C=O) groups is 1. The summed E-state index contributed by atoms with van der Waals surface area (Å²) in [7, 11) is 0. The van der Waals surface area contributed by atoms with E-state index < -0.39 is 0 Å². The van der Waals surface area contributed by atoms with Gasteiger partial charge in [0, 0.05) is 13.1 Å². The summed E-state index contributed by atoms with van der Waals surface area (Å²) >= 11 is 0. The molecule has 1 fully saturated rings.